The van der Waals surface area contributed by atoms with Crippen molar-refractivity contribution in [2.75, 3.05) is 7.11 Å². The molecule has 0 fully saturated rings. The molecule has 0 aliphatic heterocycles. The van der Waals surface area contributed by atoms with Crippen LogP contribution in [0.5, 0.6) is 0 Å². The molecule has 0 aliphatic rings. The molecule has 1 rings (SSSR count). The van der Waals surface area contributed by atoms with Gasteiger partial charge in [-0.3, -0.25) is 9.59 Å². The number of carbonyl (C=O) groups is 2. The summed E-state index contributed by atoms with van der Waals surface area (Å²) in [6.07, 6.45) is -8.43. The van der Waals surface area contributed by atoms with E-state index in [4.69, 9.17) is 0 Å². The monoisotopic (exact) mass is 336 g/mol. The Bertz CT molecular complexity index is 623. The fourth-order valence-electron chi connectivity index (χ4n) is 2.31. The predicted octanol–water partition coefficient (Wildman–Crippen LogP) is 3.02. The number of benzene rings is 1. The number of hydrogen-bond donors (Lipinski definition) is 1. The van der Waals surface area contributed by atoms with Crippen LogP contribution >= 0.6 is 0 Å². The SMILES string of the molecule is COC(=O)CC(=O)CC(O)c1c(F)c(C)cc(C)c1C(F)(F)F. The quantitative estimate of drug-likeness (QED) is 0.510. The van der Waals surface area contributed by atoms with Gasteiger partial charge in [0, 0.05) is 12.0 Å². The van der Waals surface area contributed by atoms with Crippen LogP contribution in [0.15, 0.2) is 6.07 Å². The fraction of sp³-hybridized carbons (Fsp3) is 0.467. The van der Waals surface area contributed by atoms with Crippen LogP contribution in [0, 0.1) is 19.7 Å². The number of halogens is 4. The van der Waals surface area contributed by atoms with E-state index < -0.39 is 53.8 Å². The third-order valence-corrected chi connectivity index (χ3v) is 3.29. The molecule has 1 unspecified atom stereocenters. The zero-order valence-electron chi connectivity index (χ0n) is 12.8. The summed E-state index contributed by atoms with van der Waals surface area (Å²) in [6.45, 7) is 2.40. The van der Waals surface area contributed by atoms with E-state index in [9.17, 15) is 32.3 Å². The summed E-state index contributed by atoms with van der Waals surface area (Å²) in [4.78, 5) is 22.5. The van der Waals surface area contributed by atoms with E-state index in [2.05, 4.69) is 4.74 Å². The van der Waals surface area contributed by atoms with E-state index in [1.807, 2.05) is 0 Å². The maximum atomic E-state index is 14.1. The van der Waals surface area contributed by atoms with Crippen LogP contribution in [0.1, 0.15) is 41.2 Å². The Kier molecular flexibility index (Phi) is 5.87. The summed E-state index contributed by atoms with van der Waals surface area (Å²) in [5, 5.41) is 9.94. The van der Waals surface area contributed by atoms with Gasteiger partial charge in [-0.15, -0.1) is 0 Å². The standard InChI is InChI=1S/C15H16F4O4/c1-7-4-8(2)14(16)12(13(7)15(17,18)19)10(21)5-9(20)6-11(22)23-3/h4,10,21H,5-6H2,1-3H3. The second-order valence-corrected chi connectivity index (χ2v) is 5.12. The molecule has 0 heterocycles. The normalized spacial score (nSPS) is 12.9. The van der Waals surface area contributed by atoms with Gasteiger partial charge < -0.3 is 9.84 Å². The number of rotatable bonds is 5. The number of ketones is 1. The fourth-order valence-corrected chi connectivity index (χ4v) is 2.31. The average molecular weight is 336 g/mol. The van der Waals surface area contributed by atoms with E-state index in [1.165, 1.54) is 6.92 Å². The number of methoxy groups -OCH3 is 1. The van der Waals surface area contributed by atoms with Crippen LogP contribution < -0.4 is 0 Å². The summed E-state index contributed by atoms with van der Waals surface area (Å²) in [5.41, 5.74) is -2.62. The van der Waals surface area contributed by atoms with Crippen LogP contribution in [0.4, 0.5) is 17.6 Å². The zero-order chi connectivity index (χ0) is 17.9. The molecule has 8 heteroatoms. The molecular formula is C15H16F4O4. The highest BCUT2D eigenvalue weighted by molar-refractivity contribution is 5.95. The molecule has 0 saturated heterocycles. The molecule has 1 aromatic rings. The van der Waals surface area contributed by atoms with E-state index in [-0.39, 0.29) is 11.1 Å². The minimum Gasteiger partial charge on any atom is -0.469 e. The topological polar surface area (TPSA) is 63.6 Å². The largest absolute Gasteiger partial charge is 0.469 e. The molecule has 0 aliphatic carbocycles. The van der Waals surface area contributed by atoms with E-state index in [0.29, 0.717) is 0 Å². The molecule has 0 amide bonds. The molecule has 0 aromatic heterocycles. The Hall–Kier alpha value is -1.96. The summed E-state index contributed by atoms with van der Waals surface area (Å²) in [5.74, 6) is -2.96. The smallest absolute Gasteiger partial charge is 0.417 e. The number of Topliss-reactive ketones (excluding diaryl/α,β-unsaturated/α-hetero) is 1. The zero-order valence-corrected chi connectivity index (χ0v) is 12.8. The summed E-state index contributed by atoms with van der Waals surface area (Å²) in [7, 11) is 1.04. The van der Waals surface area contributed by atoms with Crippen LogP contribution in [0.3, 0.4) is 0 Å². The Labute approximate surface area is 130 Å². The van der Waals surface area contributed by atoms with E-state index in [0.717, 1.165) is 20.1 Å². The van der Waals surface area contributed by atoms with Crippen molar-refractivity contribution < 1.29 is 37.0 Å². The highest BCUT2D eigenvalue weighted by Gasteiger charge is 2.39. The first-order valence-electron chi connectivity index (χ1n) is 6.62. The first-order valence-corrected chi connectivity index (χ1v) is 6.62. The van der Waals surface area contributed by atoms with Gasteiger partial charge in [-0.1, -0.05) is 6.07 Å². The molecule has 1 atom stereocenters. The van der Waals surface area contributed by atoms with Crippen LogP contribution in [0.2, 0.25) is 0 Å². The second-order valence-electron chi connectivity index (χ2n) is 5.12. The van der Waals surface area contributed by atoms with Crippen molar-refractivity contribution in [2.24, 2.45) is 0 Å². The molecule has 1 aromatic carbocycles. The van der Waals surface area contributed by atoms with Crippen molar-refractivity contribution >= 4 is 11.8 Å². The molecule has 0 saturated carbocycles. The lowest BCUT2D eigenvalue weighted by molar-refractivity contribution is -0.144. The minimum absolute atomic E-state index is 0.0787. The highest BCUT2D eigenvalue weighted by atomic mass is 19.4. The van der Waals surface area contributed by atoms with Crippen molar-refractivity contribution in [2.45, 2.75) is 39.0 Å². The van der Waals surface area contributed by atoms with Crippen molar-refractivity contribution in [3.8, 4) is 0 Å². The maximum absolute atomic E-state index is 14.1. The third-order valence-electron chi connectivity index (χ3n) is 3.29. The summed E-state index contributed by atoms with van der Waals surface area (Å²) < 4.78 is 57.8. The van der Waals surface area contributed by atoms with Crippen molar-refractivity contribution in [3.05, 3.63) is 34.1 Å². The highest BCUT2D eigenvalue weighted by Crippen LogP contribution is 2.40. The lowest BCUT2D eigenvalue weighted by Crippen LogP contribution is -2.19. The van der Waals surface area contributed by atoms with Crippen molar-refractivity contribution in [1.82, 2.24) is 0 Å². The first kappa shape index (κ1) is 19.1. The van der Waals surface area contributed by atoms with Gasteiger partial charge in [0.05, 0.1) is 18.8 Å². The minimum atomic E-state index is -4.89. The molecule has 23 heavy (non-hydrogen) atoms. The maximum Gasteiger partial charge on any atom is 0.417 e. The molecule has 0 bridgehead atoms. The van der Waals surface area contributed by atoms with E-state index >= 15 is 0 Å². The van der Waals surface area contributed by atoms with Gasteiger partial charge in [-0.2, -0.15) is 13.2 Å². The number of aryl methyl sites for hydroxylation is 2. The average Bonchev–Trinajstić information content (AvgIpc) is 2.40. The molecule has 0 radical (unpaired) electrons. The van der Waals surface area contributed by atoms with Crippen molar-refractivity contribution in [1.29, 1.82) is 0 Å². The molecule has 1 N–H and O–H groups in total. The number of alkyl halides is 3. The Morgan fingerprint density at radius 2 is 1.83 bits per heavy atom. The van der Waals surface area contributed by atoms with Crippen LogP contribution in [0.25, 0.3) is 0 Å². The van der Waals surface area contributed by atoms with Gasteiger partial charge in [0.1, 0.15) is 18.0 Å². The third kappa shape index (κ3) is 4.51. The molecular weight excluding hydrogens is 320 g/mol. The van der Waals surface area contributed by atoms with Crippen LogP contribution in [-0.2, 0) is 20.5 Å². The Morgan fingerprint density at radius 1 is 1.26 bits per heavy atom. The summed E-state index contributed by atoms with van der Waals surface area (Å²) in [6, 6.07) is 1.02. The Balaban J connectivity index is 3.25. The van der Waals surface area contributed by atoms with Gasteiger partial charge in [-0.25, -0.2) is 4.39 Å². The first-order chi connectivity index (χ1) is 10.5. The number of aliphatic hydroxyl groups is 1. The lowest BCUT2D eigenvalue weighted by atomic mass is 9.91. The van der Waals surface area contributed by atoms with Gasteiger partial charge in [-0.05, 0) is 25.0 Å². The number of hydrogen-bond acceptors (Lipinski definition) is 4. The second kappa shape index (κ2) is 7.08. The van der Waals surface area contributed by atoms with Gasteiger partial charge in [0.25, 0.3) is 0 Å². The predicted molar refractivity (Wildman–Crippen MR) is 72.1 cm³/mol. The summed E-state index contributed by atoms with van der Waals surface area (Å²) >= 11 is 0. The van der Waals surface area contributed by atoms with Crippen LogP contribution in [-0.4, -0.2) is 24.0 Å². The molecule has 4 nitrogen and oxygen atoms in total. The number of carbonyl (C=O) groups excluding carboxylic acids is 2. The molecule has 0 spiro atoms. The Morgan fingerprint density at radius 3 is 2.30 bits per heavy atom. The lowest BCUT2D eigenvalue weighted by Gasteiger charge is -2.21. The number of aliphatic hydroxyl groups excluding tert-OH is 1. The number of ether oxygens (including phenoxy) is 1. The molecule has 128 valence electrons. The van der Waals surface area contributed by atoms with Gasteiger partial charge in [0.2, 0.25) is 0 Å². The van der Waals surface area contributed by atoms with Gasteiger partial charge in [0.15, 0.2) is 0 Å². The number of esters is 1. The van der Waals surface area contributed by atoms with Gasteiger partial charge >= 0.3 is 12.1 Å². The van der Waals surface area contributed by atoms with Crippen molar-refractivity contribution in [3.63, 3.8) is 0 Å². The van der Waals surface area contributed by atoms with E-state index in [1.54, 1.807) is 0 Å².